The molecule has 182 valence electrons. The zero-order valence-corrected chi connectivity index (χ0v) is 20.5. The van der Waals surface area contributed by atoms with E-state index in [-0.39, 0.29) is 25.1 Å². The lowest BCUT2D eigenvalue weighted by molar-refractivity contribution is -0.136. The van der Waals surface area contributed by atoms with Gasteiger partial charge < -0.3 is 23.9 Å². The van der Waals surface area contributed by atoms with Crippen molar-refractivity contribution in [1.29, 1.82) is 0 Å². The van der Waals surface area contributed by atoms with Crippen LogP contribution in [0.1, 0.15) is 27.8 Å². The zero-order chi connectivity index (χ0) is 23.9. The van der Waals surface area contributed by atoms with E-state index in [0.717, 1.165) is 29.1 Å². The summed E-state index contributed by atoms with van der Waals surface area (Å²) in [5.41, 5.74) is 2.29. The van der Waals surface area contributed by atoms with Crippen molar-refractivity contribution >= 4 is 17.2 Å². The highest BCUT2D eigenvalue weighted by Gasteiger charge is 2.33. The van der Waals surface area contributed by atoms with Gasteiger partial charge in [-0.3, -0.25) is 9.69 Å². The van der Waals surface area contributed by atoms with Crippen LogP contribution in [-0.2, 0) is 22.5 Å². The van der Waals surface area contributed by atoms with Gasteiger partial charge in [-0.1, -0.05) is 12.1 Å². The van der Waals surface area contributed by atoms with Gasteiger partial charge in [0, 0.05) is 25.1 Å². The molecule has 34 heavy (non-hydrogen) atoms. The van der Waals surface area contributed by atoms with Crippen molar-refractivity contribution in [3.8, 4) is 5.75 Å². The Kier molecular flexibility index (Phi) is 8.39. The molecule has 1 N–H and O–H groups in total. The molecule has 0 aliphatic carbocycles. The summed E-state index contributed by atoms with van der Waals surface area (Å²) in [6, 6.07) is 13.6. The number of hydrogen-bond acceptors (Lipinski definition) is 7. The zero-order valence-electron chi connectivity index (χ0n) is 19.7. The van der Waals surface area contributed by atoms with Crippen molar-refractivity contribution in [3.05, 3.63) is 75.9 Å². The molecule has 3 heterocycles. The van der Waals surface area contributed by atoms with Crippen LogP contribution in [0.4, 0.5) is 0 Å². The standard InChI is InChI=1S/C26H32N2O5S/c1-19-5-3-6-21(13-19)33-18-24-23-9-12-34-25(23)8-10-28(24)26(30)16-27(14-20(29)17-31-2)15-22-7-4-11-32-22/h3-7,9,11-13,20,24,29H,8,10,14-18H2,1-2H3/t20-,24-/m1/s1. The molecule has 0 bridgehead atoms. The molecule has 0 radical (unpaired) electrons. The number of methoxy groups -OCH3 is 1. The van der Waals surface area contributed by atoms with Crippen molar-refractivity contribution in [2.45, 2.75) is 32.0 Å². The van der Waals surface area contributed by atoms with Crippen LogP contribution < -0.4 is 4.74 Å². The van der Waals surface area contributed by atoms with Crippen LogP contribution in [0.15, 0.2) is 58.5 Å². The van der Waals surface area contributed by atoms with Crippen LogP contribution in [0.25, 0.3) is 0 Å². The Morgan fingerprint density at radius 1 is 1.32 bits per heavy atom. The average Bonchev–Trinajstić information content (AvgIpc) is 3.49. The van der Waals surface area contributed by atoms with E-state index in [1.54, 1.807) is 24.7 Å². The van der Waals surface area contributed by atoms with Crippen molar-refractivity contribution in [1.82, 2.24) is 9.80 Å². The van der Waals surface area contributed by atoms with E-state index in [2.05, 4.69) is 11.4 Å². The summed E-state index contributed by atoms with van der Waals surface area (Å²) >= 11 is 1.73. The first-order valence-electron chi connectivity index (χ1n) is 11.5. The van der Waals surface area contributed by atoms with E-state index in [0.29, 0.717) is 26.2 Å². The minimum atomic E-state index is -0.696. The number of thiophene rings is 1. The molecule has 8 heteroatoms. The Labute approximate surface area is 204 Å². The Bertz CT molecular complexity index is 1050. The third-order valence-corrected chi connectivity index (χ3v) is 6.96. The highest BCUT2D eigenvalue weighted by atomic mass is 32.1. The SMILES string of the molecule is COC[C@H](O)CN(CC(=O)N1CCc2sccc2[C@H]1COc1cccc(C)c1)Cc1ccco1. The molecule has 0 saturated heterocycles. The van der Waals surface area contributed by atoms with Gasteiger partial charge in [-0.25, -0.2) is 0 Å². The van der Waals surface area contributed by atoms with Gasteiger partial charge in [0.15, 0.2) is 0 Å². The molecule has 1 aliphatic heterocycles. The number of nitrogens with zero attached hydrogens (tertiary/aromatic N) is 2. The monoisotopic (exact) mass is 484 g/mol. The molecule has 0 unspecified atom stereocenters. The highest BCUT2D eigenvalue weighted by Crippen LogP contribution is 2.34. The van der Waals surface area contributed by atoms with Crippen LogP contribution in [0.2, 0.25) is 0 Å². The molecule has 1 amide bonds. The average molecular weight is 485 g/mol. The number of aryl methyl sites for hydroxylation is 1. The Balaban J connectivity index is 1.48. The fourth-order valence-corrected chi connectivity index (χ4v) is 5.32. The smallest absolute Gasteiger partial charge is 0.237 e. The number of aliphatic hydroxyl groups is 1. The first-order valence-corrected chi connectivity index (χ1v) is 12.4. The fraction of sp³-hybridized carbons (Fsp3) is 0.423. The number of rotatable bonds is 11. The number of ether oxygens (including phenoxy) is 2. The van der Waals surface area contributed by atoms with Crippen molar-refractivity contribution < 1.29 is 23.8 Å². The van der Waals surface area contributed by atoms with Crippen LogP contribution >= 0.6 is 11.3 Å². The molecule has 1 aromatic carbocycles. The van der Waals surface area contributed by atoms with Gasteiger partial charge in [0.2, 0.25) is 5.91 Å². The van der Waals surface area contributed by atoms with Gasteiger partial charge in [0.1, 0.15) is 18.1 Å². The lowest BCUT2D eigenvalue weighted by Crippen LogP contribution is -2.47. The molecule has 1 aliphatic rings. The minimum absolute atomic E-state index is 0.00543. The maximum absolute atomic E-state index is 13.6. The second kappa shape index (κ2) is 11.7. The number of amides is 1. The van der Waals surface area contributed by atoms with E-state index in [1.807, 2.05) is 53.1 Å². The molecule has 2 atom stereocenters. The van der Waals surface area contributed by atoms with E-state index >= 15 is 0 Å². The third kappa shape index (κ3) is 6.27. The van der Waals surface area contributed by atoms with Gasteiger partial charge in [-0.05, 0) is 60.2 Å². The third-order valence-electron chi connectivity index (χ3n) is 5.96. The number of aliphatic hydroxyl groups excluding tert-OH is 1. The molecule has 0 fully saturated rings. The van der Waals surface area contributed by atoms with Crippen molar-refractivity contribution in [3.63, 3.8) is 0 Å². The molecular weight excluding hydrogens is 452 g/mol. The normalized spacial score (nSPS) is 16.5. The predicted molar refractivity (Wildman–Crippen MR) is 131 cm³/mol. The molecule has 0 spiro atoms. The number of carbonyl (C=O) groups excluding carboxylic acids is 1. The summed E-state index contributed by atoms with van der Waals surface area (Å²) in [6.07, 6.45) is 1.75. The molecule has 7 nitrogen and oxygen atoms in total. The van der Waals surface area contributed by atoms with Crippen molar-refractivity contribution in [2.75, 3.05) is 40.0 Å². The summed E-state index contributed by atoms with van der Waals surface area (Å²) < 4.78 is 16.7. The Hall–Kier alpha value is -2.65. The molecular formula is C26H32N2O5S. The second-order valence-electron chi connectivity index (χ2n) is 8.64. The number of benzene rings is 1. The molecule has 2 aromatic heterocycles. The topological polar surface area (TPSA) is 75.4 Å². The first kappa shape index (κ1) is 24.5. The van der Waals surface area contributed by atoms with Crippen molar-refractivity contribution in [2.24, 2.45) is 0 Å². The van der Waals surface area contributed by atoms with Crippen LogP contribution in [0.3, 0.4) is 0 Å². The fourth-order valence-electron chi connectivity index (χ4n) is 4.39. The number of furan rings is 1. The quantitative estimate of drug-likeness (QED) is 0.448. The summed E-state index contributed by atoms with van der Waals surface area (Å²) in [5, 5.41) is 12.4. The van der Waals surface area contributed by atoms with Gasteiger partial charge in [-0.15, -0.1) is 11.3 Å². The Morgan fingerprint density at radius 2 is 2.21 bits per heavy atom. The lowest BCUT2D eigenvalue weighted by Gasteiger charge is -2.37. The molecule has 3 aromatic rings. The largest absolute Gasteiger partial charge is 0.491 e. The van der Waals surface area contributed by atoms with E-state index in [9.17, 15) is 9.90 Å². The minimum Gasteiger partial charge on any atom is -0.491 e. The van der Waals surface area contributed by atoms with Gasteiger partial charge in [0.25, 0.3) is 0 Å². The Morgan fingerprint density at radius 3 is 2.97 bits per heavy atom. The second-order valence-corrected chi connectivity index (χ2v) is 9.64. The van der Waals surface area contributed by atoms with Gasteiger partial charge in [0.05, 0.1) is 38.1 Å². The molecule has 0 saturated carbocycles. The predicted octanol–water partition coefficient (Wildman–Crippen LogP) is 3.66. The molecule has 4 rings (SSSR count). The maximum atomic E-state index is 13.6. The van der Waals surface area contributed by atoms with Crippen LogP contribution in [0, 0.1) is 6.92 Å². The highest BCUT2D eigenvalue weighted by molar-refractivity contribution is 7.10. The summed E-state index contributed by atoms with van der Waals surface area (Å²) in [7, 11) is 1.55. The van der Waals surface area contributed by atoms with E-state index in [1.165, 1.54) is 4.88 Å². The lowest BCUT2D eigenvalue weighted by atomic mass is 10.0. The van der Waals surface area contributed by atoms with Crippen LogP contribution in [0.5, 0.6) is 5.75 Å². The van der Waals surface area contributed by atoms with E-state index in [4.69, 9.17) is 13.9 Å². The van der Waals surface area contributed by atoms with Gasteiger partial charge >= 0.3 is 0 Å². The summed E-state index contributed by atoms with van der Waals surface area (Å²) in [5.74, 6) is 1.55. The first-order chi connectivity index (χ1) is 16.5. The summed E-state index contributed by atoms with van der Waals surface area (Å²) in [4.78, 5) is 18.7. The number of hydrogen-bond donors (Lipinski definition) is 1. The maximum Gasteiger partial charge on any atom is 0.237 e. The number of carbonyl (C=O) groups is 1. The van der Waals surface area contributed by atoms with Gasteiger partial charge in [-0.2, -0.15) is 0 Å². The van der Waals surface area contributed by atoms with Crippen LogP contribution in [-0.4, -0.2) is 66.9 Å². The van der Waals surface area contributed by atoms with E-state index < -0.39 is 6.10 Å². The summed E-state index contributed by atoms with van der Waals surface area (Å²) in [6.45, 7) is 4.18. The number of fused-ring (bicyclic) bond motifs is 1.